The van der Waals surface area contributed by atoms with E-state index in [1.54, 1.807) is 42.1 Å². The first kappa shape index (κ1) is 18.8. The molecule has 134 valence electrons. The highest BCUT2D eigenvalue weighted by Crippen LogP contribution is 2.29. The number of nitrogens with one attached hydrogen (secondary N) is 1. The van der Waals surface area contributed by atoms with E-state index in [9.17, 15) is 14.9 Å². The monoisotopic (exact) mass is 407 g/mol. The number of hydrogen-bond donors (Lipinski definition) is 1. The number of rotatable bonds is 7. The third-order valence-corrected chi connectivity index (χ3v) is 6.53. The lowest BCUT2D eigenvalue weighted by atomic mass is 10.2. The molecule has 0 saturated heterocycles. The van der Waals surface area contributed by atoms with Gasteiger partial charge in [0.2, 0.25) is 0 Å². The predicted molar refractivity (Wildman–Crippen MR) is 107 cm³/mol. The van der Waals surface area contributed by atoms with E-state index in [1.165, 1.54) is 23.9 Å². The van der Waals surface area contributed by atoms with Gasteiger partial charge in [-0.1, -0.05) is 23.9 Å². The third kappa shape index (κ3) is 4.57. The number of aromatic nitrogens is 2. The molecule has 0 aliphatic carbocycles. The van der Waals surface area contributed by atoms with E-state index < -0.39 is 4.92 Å². The lowest BCUT2D eigenvalue weighted by Crippen LogP contribution is -2.12. The molecular formula is C17H14ClN3O3S2. The van der Waals surface area contributed by atoms with E-state index in [-0.39, 0.29) is 16.5 Å². The maximum absolute atomic E-state index is 12.1. The summed E-state index contributed by atoms with van der Waals surface area (Å²) in [6.45, 7) is 0. The highest BCUT2D eigenvalue weighted by atomic mass is 35.5. The second kappa shape index (κ2) is 8.57. The number of H-pyrrole nitrogens is 1. The zero-order chi connectivity index (χ0) is 18.5. The molecule has 0 aliphatic rings. The van der Waals surface area contributed by atoms with Gasteiger partial charge in [-0.25, -0.2) is 4.98 Å². The van der Waals surface area contributed by atoms with E-state index in [4.69, 9.17) is 11.6 Å². The molecule has 0 fully saturated rings. The molecule has 0 spiro atoms. The van der Waals surface area contributed by atoms with E-state index >= 15 is 0 Å². The second-order valence-corrected chi connectivity index (χ2v) is 8.04. The lowest BCUT2D eigenvalue weighted by Gasteiger charge is -2.12. The number of nitrogens with zero attached hydrogens (tertiary/aromatic N) is 2. The Balaban J connectivity index is 1.67. The summed E-state index contributed by atoms with van der Waals surface area (Å²) < 4.78 is 0. The number of fused-ring (bicyclic) bond motifs is 1. The number of nitro groups is 1. The SMILES string of the molecule is O=c1[nH]c(SCC(CCl)Sc2ccc([N+](=O)[O-])cc2)nc2ccccc12. The molecule has 1 aromatic heterocycles. The second-order valence-electron chi connectivity index (χ2n) is 5.34. The summed E-state index contributed by atoms with van der Waals surface area (Å²) in [6.07, 6.45) is 0. The number of alkyl halides is 1. The van der Waals surface area contributed by atoms with Gasteiger partial charge in [0.1, 0.15) is 0 Å². The molecule has 3 rings (SSSR count). The number of nitro benzene ring substituents is 1. The molecule has 0 radical (unpaired) electrons. The summed E-state index contributed by atoms with van der Waals surface area (Å²) >= 11 is 9.03. The van der Waals surface area contributed by atoms with Crippen LogP contribution in [0.25, 0.3) is 10.9 Å². The van der Waals surface area contributed by atoms with E-state index in [1.807, 2.05) is 6.07 Å². The van der Waals surface area contributed by atoms with Crippen LogP contribution in [0, 0.1) is 10.1 Å². The number of hydrogen-bond acceptors (Lipinski definition) is 6. The van der Waals surface area contributed by atoms with Crippen LogP contribution in [-0.4, -0.2) is 31.8 Å². The molecule has 1 unspecified atom stereocenters. The van der Waals surface area contributed by atoms with Crippen molar-refractivity contribution >= 4 is 51.7 Å². The Labute approximate surface area is 162 Å². The van der Waals surface area contributed by atoms with Gasteiger partial charge in [-0.15, -0.1) is 23.4 Å². The minimum absolute atomic E-state index is 0.0593. The topological polar surface area (TPSA) is 88.9 Å². The number of benzene rings is 2. The van der Waals surface area contributed by atoms with Crippen LogP contribution in [0.4, 0.5) is 5.69 Å². The quantitative estimate of drug-likeness (QED) is 0.206. The average molecular weight is 408 g/mol. The van der Waals surface area contributed by atoms with E-state index in [0.29, 0.717) is 27.7 Å². The zero-order valence-corrected chi connectivity index (χ0v) is 15.8. The molecule has 9 heteroatoms. The lowest BCUT2D eigenvalue weighted by molar-refractivity contribution is -0.384. The Bertz CT molecular complexity index is 979. The summed E-state index contributed by atoms with van der Waals surface area (Å²) in [5.74, 6) is 1.05. The molecule has 0 amide bonds. The number of non-ortho nitro benzene ring substituents is 1. The van der Waals surface area contributed by atoms with Crippen LogP contribution >= 0.6 is 35.1 Å². The van der Waals surface area contributed by atoms with Crippen molar-refractivity contribution in [2.75, 3.05) is 11.6 Å². The normalized spacial score (nSPS) is 12.2. The van der Waals surface area contributed by atoms with Gasteiger partial charge in [0.25, 0.3) is 11.2 Å². The molecule has 1 atom stereocenters. The molecule has 0 aliphatic heterocycles. The van der Waals surface area contributed by atoms with Crippen molar-refractivity contribution < 1.29 is 4.92 Å². The van der Waals surface area contributed by atoms with Crippen molar-refractivity contribution in [2.45, 2.75) is 15.3 Å². The van der Waals surface area contributed by atoms with E-state index in [0.717, 1.165) is 4.90 Å². The molecule has 2 aromatic carbocycles. The maximum Gasteiger partial charge on any atom is 0.269 e. The van der Waals surface area contributed by atoms with Gasteiger partial charge in [-0.2, -0.15) is 0 Å². The number of thioether (sulfide) groups is 2. The fourth-order valence-corrected chi connectivity index (χ4v) is 4.69. The molecule has 26 heavy (non-hydrogen) atoms. The fourth-order valence-electron chi connectivity index (χ4n) is 2.25. The molecule has 1 N–H and O–H groups in total. The summed E-state index contributed by atoms with van der Waals surface area (Å²) in [5, 5.41) is 11.9. The minimum Gasteiger partial charge on any atom is -0.301 e. The Morgan fingerprint density at radius 1 is 1.19 bits per heavy atom. The van der Waals surface area contributed by atoms with Gasteiger partial charge < -0.3 is 4.98 Å². The molecule has 1 heterocycles. The Morgan fingerprint density at radius 3 is 2.62 bits per heavy atom. The minimum atomic E-state index is -0.426. The Kier molecular flexibility index (Phi) is 6.18. The smallest absolute Gasteiger partial charge is 0.269 e. The predicted octanol–water partition coefficient (Wildman–Crippen LogP) is 4.32. The van der Waals surface area contributed by atoms with Gasteiger partial charge >= 0.3 is 0 Å². The maximum atomic E-state index is 12.1. The van der Waals surface area contributed by atoms with Gasteiger partial charge in [-0.05, 0) is 24.3 Å². The standard InChI is InChI=1S/C17H14ClN3O3S2/c18-9-13(26-12-7-5-11(6-8-12)21(23)24)10-25-17-19-15-4-2-1-3-14(15)16(22)20-17/h1-8,13H,9-10H2,(H,19,20,22). The van der Waals surface area contributed by atoms with Crippen molar-refractivity contribution in [1.82, 2.24) is 9.97 Å². The van der Waals surface area contributed by atoms with Crippen LogP contribution in [0.15, 0.2) is 63.4 Å². The van der Waals surface area contributed by atoms with Crippen LogP contribution < -0.4 is 5.56 Å². The van der Waals surface area contributed by atoms with Crippen molar-refractivity contribution in [3.05, 3.63) is 69.0 Å². The summed E-state index contributed by atoms with van der Waals surface area (Å²) in [5.41, 5.74) is 0.553. The van der Waals surface area contributed by atoms with Crippen molar-refractivity contribution in [3.63, 3.8) is 0 Å². The van der Waals surface area contributed by atoms with Crippen LogP contribution in [0.1, 0.15) is 0 Å². The van der Waals surface area contributed by atoms with Gasteiger partial charge in [0.05, 0.1) is 15.8 Å². The largest absolute Gasteiger partial charge is 0.301 e. The Hall–Kier alpha value is -2.03. The highest BCUT2D eigenvalue weighted by molar-refractivity contribution is 8.03. The average Bonchev–Trinajstić information content (AvgIpc) is 2.65. The van der Waals surface area contributed by atoms with E-state index in [2.05, 4.69) is 9.97 Å². The van der Waals surface area contributed by atoms with Gasteiger partial charge in [0, 0.05) is 33.9 Å². The molecule has 0 saturated carbocycles. The first-order chi connectivity index (χ1) is 12.6. The number of halogens is 1. The number of para-hydroxylation sites is 1. The third-order valence-electron chi connectivity index (χ3n) is 3.52. The fraction of sp³-hybridized carbons (Fsp3) is 0.176. The molecule has 6 nitrogen and oxygen atoms in total. The van der Waals surface area contributed by atoms with Crippen molar-refractivity contribution in [3.8, 4) is 0 Å². The highest BCUT2D eigenvalue weighted by Gasteiger charge is 2.13. The Morgan fingerprint density at radius 2 is 1.92 bits per heavy atom. The van der Waals surface area contributed by atoms with Gasteiger partial charge in [0.15, 0.2) is 5.16 Å². The van der Waals surface area contributed by atoms with Crippen LogP contribution in [0.5, 0.6) is 0 Å². The van der Waals surface area contributed by atoms with Crippen LogP contribution in [0.3, 0.4) is 0 Å². The summed E-state index contributed by atoms with van der Waals surface area (Å²) in [7, 11) is 0. The zero-order valence-electron chi connectivity index (χ0n) is 13.4. The van der Waals surface area contributed by atoms with Crippen molar-refractivity contribution in [2.24, 2.45) is 0 Å². The number of aromatic amines is 1. The first-order valence-electron chi connectivity index (χ1n) is 7.66. The van der Waals surface area contributed by atoms with Crippen LogP contribution in [0.2, 0.25) is 0 Å². The first-order valence-corrected chi connectivity index (χ1v) is 10.1. The summed E-state index contributed by atoms with van der Waals surface area (Å²) in [6, 6.07) is 13.6. The summed E-state index contributed by atoms with van der Waals surface area (Å²) in [4.78, 5) is 30.5. The van der Waals surface area contributed by atoms with Crippen molar-refractivity contribution in [1.29, 1.82) is 0 Å². The molecule has 0 bridgehead atoms. The molecule has 3 aromatic rings. The molecular weight excluding hydrogens is 394 g/mol. The van der Waals surface area contributed by atoms with Crippen LogP contribution in [-0.2, 0) is 0 Å². The van der Waals surface area contributed by atoms with Gasteiger partial charge in [-0.3, -0.25) is 14.9 Å².